The third-order valence-electron chi connectivity index (χ3n) is 2.45. The number of amides is 2. The van der Waals surface area contributed by atoms with Gasteiger partial charge in [0, 0.05) is 11.8 Å². The largest absolute Gasteiger partial charge is 0.467 e. The van der Waals surface area contributed by atoms with Crippen molar-refractivity contribution < 1.29 is 23.1 Å². The molecule has 1 heterocycles. The van der Waals surface area contributed by atoms with Gasteiger partial charge in [-0.15, -0.1) is 0 Å². The Kier molecular flexibility index (Phi) is 4.31. The monoisotopic (exact) mass is 282 g/mol. The van der Waals surface area contributed by atoms with Crippen molar-refractivity contribution in [2.75, 3.05) is 11.9 Å². The van der Waals surface area contributed by atoms with Gasteiger partial charge in [0.05, 0.1) is 12.8 Å². The molecule has 0 fully saturated rings. The third kappa shape index (κ3) is 3.79. The molecule has 7 heteroatoms. The highest BCUT2D eigenvalue weighted by Gasteiger charge is 2.12. The number of aliphatic hydroxyl groups is 1. The molecular weight excluding hydrogens is 270 g/mol. The fourth-order valence-electron chi connectivity index (χ4n) is 1.57. The second kappa shape index (κ2) is 6.16. The average Bonchev–Trinajstić information content (AvgIpc) is 2.88. The molecular formula is C13H12F2N2O3. The number of halogens is 2. The molecule has 0 saturated carbocycles. The minimum atomic E-state index is -1.00. The molecule has 3 N–H and O–H groups in total. The molecule has 1 aromatic heterocycles. The Bertz CT molecular complexity index is 567. The molecule has 2 aromatic rings. The predicted molar refractivity (Wildman–Crippen MR) is 67.0 cm³/mol. The molecule has 1 aromatic carbocycles. The van der Waals surface area contributed by atoms with Gasteiger partial charge in [-0.3, -0.25) is 0 Å². The van der Waals surface area contributed by atoms with Crippen LogP contribution in [0.3, 0.4) is 0 Å². The first kappa shape index (κ1) is 14.0. The lowest BCUT2D eigenvalue weighted by Gasteiger charge is -2.11. The Morgan fingerprint density at radius 2 is 2.00 bits per heavy atom. The molecule has 0 saturated heterocycles. The van der Waals surface area contributed by atoms with E-state index in [1.165, 1.54) is 6.26 Å². The fourth-order valence-corrected chi connectivity index (χ4v) is 1.57. The second-order valence-corrected chi connectivity index (χ2v) is 4.02. The van der Waals surface area contributed by atoms with Crippen LogP contribution in [0.2, 0.25) is 0 Å². The van der Waals surface area contributed by atoms with E-state index < -0.39 is 23.8 Å². The van der Waals surface area contributed by atoms with E-state index in [0.29, 0.717) is 11.8 Å². The minimum Gasteiger partial charge on any atom is -0.467 e. The van der Waals surface area contributed by atoms with Gasteiger partial charge >= 0.3 is 6.03 Å². The Labute approximate surface area is 113 Å². The van der Waals surface area contributed by atoms with Gasteiger partial charge in [-0.1, -0.05) is 0 Å². The normalized spacial score (nSPS) is 11.9. The lowest BCUT2D eigenvalue weighted by molar-refractivity contribution is 0.149. The van der Waals surface area contributed by atoms with Crippen LogP contribution in [0.5, 0.6) is 0 Å². The van der Waals surface area contributed by atoms with E-state index in [2.05, 4.69) is 10.6 Å². The molecule has 2 amide bonds. The zero-order chi connectivity index (χ0) is 14.5. The summed E-state index contributed by atoms with van der Waals surface area (Å²) in [4.78, 5) is 11.5. The molecule has 1 unspecified atom stereocenters. The van der Waals surface area contributed by atoms with Crippen LogP contribution in [0.15, 0.2) is 41.0 Å². The van der Waals surface area contributed by atoms with Gasteiger partial charge in [0.15, 0.2) is 0 Å². The number of carbonyl (C=O) groups is 1. The van der Waals surface area contributed by atoms with E-state index in [1.807, 2.05) is 0 Å². The summed E-state index contributed by atoms with van der Waals surface area (Å²) in [5, 5.41) is 14.3. The highest BCUT2D eigenvalue weighted by Crippen LogP contribution is 2.13. The minimum absolute atomic E-state index is 0.0208. The van der Waals surface area contributed by atoms with Crippen LogP contribution in [-0.4, -0.2) is 17.7 Å². The highest BCUT2D eigenvalue weighted by molar-refractivity contribution is 5.89. The standard InChI is InChI=1S/C13H12F2N2O3/c14-8-4-9(15)6-10(5-8)17-13(19)16-7-11(18)12-2-1-3-20-12/h1-6,11,18H,7H2,(H2,16,17,19). The molecule has 0 bridgehead atoms. The van der Waals surface area contributed by atoms with Crippen molar-refractivity contribution in [1.82, 2.24) is 5.32 Å². The van der Waals surface area contributed by atoms with Crippen LogP contribution in [0, 0.1) is 11.6 Å². The van der Waals surface area contributed by atoms with Crippen LogP contribution >= 0.6 is 0 Å². The maximum absolute atomic E-state index is 12.9. The van der Waals surface area contributed by atoms with Crippen LogP contribution in [0.1, 0.15) is 11.9 Å². The summed E-state index contributed by atoms with van der Waals surface area (Å²) in [6.07, 6.45) is 0.397. The van der Waals surface area contributed by atoms with Gasteiger partial charge < -0.3 is 20.2 Å². The number of urea groups is 1. The maximum atomic E-state index is 12.9. The lowest BCUT2D eigenvalue weighted by atomic mass is 10.3. The number of aliphatic hydroxyl groups excluding tert-OH is 1. The van der Waals surface area contributed by atoms with Gasteiger partial charge in [0.2, 0.25) is 0 Å². The van der Waals surface area contributed by atoms with Crippen LogP contribution < -0.4 is 10.6 Å². The zero-order valence-electron chi connectivity index (χ0n) is 10.3. The van der Waals surface area contributed by atoms with E-state index in [0.717, 1.165) is 12.1 Å². The van der Waals surface area contributed by atoms with Crippen LogP contribution in [0.4, 0.5) is 19.3 Å². The second-order valence-electron chi connectivity index (χ2n) is 4.02. The van der Waals surface area contributed by atoms with E-state index in [1.54, 1.807) is 12.1 Å². The summed E-state index contributed by atoms with van der Waals surface area (Å²) in [5.41, 5.74) is -0.0208. The van der Waals surface area contributed by atoms with Crippen molar-refractivity contribution >= 4 is 11.7 Å². The van der Waals surface area contributed by atoms with Gasteiger partial charge in [-0.25, -0.2) is 13.6 Å². The van der Waals surface area contributed by atoms with Crippen molar-refractivity contribution in [2.45, 2.75) is 6.10 Å². The SMILES string of the molecule is O=C(NCC(O)c1ccco1)Nc1cc(F)cc(F)c1. The number of carbonyl (C=O) groups excluding carboxylic acids is 1. The molecule has 106 valence electrons. The summed E-state index contributed by atoms with van der Waals surface area (Å²) >= 11 is 0. The number of anilines is 1. The van der Waals surface area contributed by atoms with Crippen LogP contribution in [-0.2, 0) is 0 Å². The molecule has 0 aliphatic rings. The van der Waals surface area contributed by atoms with Gasteiger partial charge in [0.1, 0.15) is 23.5 Å². The first-order chi connectivity index (χ1) is 9.54. The average molecular weight is 282 g/mol. The summed E-state index contributed by atoms with van der Waals surface area (Å²) < 4.78 is 30.8. The van der Waals surface area contributed by atoms with E-state index >= 15 is 0 Å². The Morgan fingerprint density at radius 3 is 2.60 bits per heavy atom. The predicted octanol–water partition coefficient (Wildman–Crippen LogP) is 2.41. The first-order valence-electron chi connectivity index (χ1n) is 5.77. The van der Waals surface area contributed by atoms with Crippen molar-refractivity contribution in [3.05, 3.63) is 54.0 Å². The van der Waals surface area contributed by atoms with Crippen LogP contribution in [0.25, 0.3) is 0 Å². The molecule has 20 heavy (non-hydrogen) atoms. The summed E-state index contributed by atoms with van der Waals surface area (Å²) in [7, 11) is 0. The maximum Gasteiger partial charge on any atom is 0.319 e. The molecule has 2 rings (SSSR count). The third-order valence-corrected chi connectivity index (χ3v) is 2.45. The molecule has 0 radical (unpaired) electrons. The van der Waals surface area contributed by atoms with Crippen molar-refractivity contribution in [1.29, 1.82) is 0 Å². The Morgan fingerprint density at radius 1 is 1.30 bits per heavy atom. The number of hydrogen-bond donors (Lipinski definition) is 3. The lowest BCUT2D eigenvalue weighted by Crippen LogP contribution is -2.32. The molecule has 0 spiro atoms. The first-order valence-corrected chi connectivity index (χ1v) is 5.77. The summed E-state index contributed by atoms with van der Waals surface area (Å²) in [6, 6.07) is 5.13. The summed E-state index contributed by atoms with van der Waals surface area (Å²) in [5.74, 6) is -1.28. The van der Waals surface area contributed by atoms with Gasteiger partial charge in [-0.2, -0.15) is 0 Å². The summed E-state index contributed by atoms with van der Waals surface area (Å²) in [6.45, 7) is -0.100. The fraction of sp³-hybridized carbons (Fsp3) is 0.154. The topological polar surface area (TPSA) is 74.5 Å². The van der Waals surface area contributed by atoms with Gasteiger partial charge in [-0.05, 0) is 24.3 Å². The molecule has 5 nitrogen and oxygen atoms in total. The van der Waals surface area contributed by atoms with Gasteiger partial charge in [0.25, 0.3) is 0 Å². The van der Waals surface area contributed by atoms with Crippen molar-refractivity contribution in [3.63, 3.8) is 0 Å². The number of furan rings is 1. The van der Waals surface area contributed by atoms with E-state index in [4.69, 9.17) is 4.42 Å². The smallest absolute Gasteiger partial charge is 0.319 e. The number of hydrogen-bond acceptors (Lipinski definition) is 3. The number of rotatable bonds is 4. The Hall–Kier alpha value is -2.41. The molecule has 0 aliphatic carbocycles. The van der Waals surface area contributed by atoms with Crippen molar-refractivity contribution in [3.8, 4) is 0 Å². The van der Waals surface area contributed by atoms with E-state index in [9.17, 15) is 18.7 Å². The Balaban J connectivity index is 1.86. The highest BCUT2D eigenvalue weighted by atomic mass is 19.1. The molecule has 1 atom stereocenters. The number of nitrogens with one attached hydrogen (secondary N) is 2. The zero-order valence-corrected chi connectivity index (χ0v) is 10.3. The van der Waals surface area contributed by atoms with Crippen molar-refractivity contribution in [2.24, 2.45) is 0 Å². The quantitative estimate of drug-likeness (QED) is 0.806. The van der Waals surface area contributed by atoms with E-state index in [-0.39, 0.29) is 12.2 Å². The molecule has 0 aliphatic heterocycles. The number of benzene rings is 1.